The number of fused-ring (bicyclic) bond motifs is 1. The lowest BCUT2D eigenvalue weighted by molar-refractivity contribution is 0.617. The predicted octanol–water partition coefficient (Wildman–Crippen LogP) is 3.10. The Morgan fingerprint density at radius 3 is 2.83 bits per heavy atom. The van der Waals surface area contributed by atoms with E-state index in [0.29, 0.717) is 0 Å². The standard InChI is InChI=1S/C8H4ClF2N/c9-5-3-6(10)8-4(7(5)11)1-2-12-8/h1-3,12H. The van der Waals surface area contributed by atoms with Crippen LogP contribution in [0.3, 0.4) is 0 Å². The summed E-state index contributed by atoms with van der Waals surface area (Å²) in [7, 11) is 0. The van der Waals surface area contributed by atoms with Crippen LogP contribution in [0, 0.1) is 11.6 Å². The van der Waals surface area contributed by atoms with Crippen molar-refractivity contribution < 1.29 is 8.78 Å². The molecule has 62 valence electrons. The highest BCUT2D eigenvalue weighted by atomic mass is 35.5. The van der Waals surface area contributed by atoms with Gasteiger partial charge in [-0.15, -0.1) is 0 Å². The second-order valence-electron chi connectivity index (χ2n) is 2.42. The van der Waals surface area contributed by atoms with E-state index < -0.39 is 11.6 Å². The number of nitrogens with one attached hydrogen (secondary N) is 1. The first-order valence-corrected chi connectivity index (χ1v) is 3.68. The molecule has 1 aromatic carbocycles. The maximum absolute atomic E-state index is 13.1. The fourth-order valence-electron chi connectivity index (χ4n) is 1.13. The summed E-state index contributed by atoms with van der Waals surface area (Å²) in [6.45, 7) is 0. The largest absolute Gasteiger partial charge is 0.359 e. The Morgan fingerprint density at radius 1 is 1.33 bits per heavy atom. The lowest BCUT2D eigenvalue weighted by Gasteiger charge is -1.96. The molecule has 1 nitrogen and oxygen atoms in total. The van der Waals surface area contributed by atoms with Gasteiger partial charge in [0.1, 0.15) is 5.82 Å². The first-order chi connectivity index (χ1) is 5.70. The molecule has 0 unspecified atom stereocenters. The SMILES string of the molecule is Fc1c(Cl)cc(F)c2[nH]ccc12. The van der Waals surface area contributed by atoms with Crippen molar-refractivity contribution in [3.05, 3.63) is 35.0 Å². The highest BCUT2D eigenvalue weighted by molar-refractivity contribution is 6.31. The fourth-order valence-corrected chi connectivity index (χ4v) is 1.32. The molecule has 0 fully saturated rings. The Labute approximate surface area is 72.0 Å². The van der Waals surface area contributed by atoms with Crippen molar-refractivity contribution in [2.45, 2.75) is 0 Å². The molecule has 4 heteroatoms. The van der Waals surface area contributed by atoms with Crippen LogP contribution in [0.4, 0.5) is 8.78 Å². The van der Waals surface area contributed by atoms with Gasteiger partial charge in [-0.25, -0.2) is 8.78 Å². The van der Waals surface area contributed by atoms with Gasteiger partial charge in [0.05, 0.1) is 10.5 Å². The average molecular weight is 188 g/mol. The third-order valence-electron chi connectivity index (χ3n) is 1.69. The average Bonchev–Trinajstić information content (AvgIpc) is 2.48. The summed E-state index contributed by atoms with van der Waals surface area (Å²) >= 11 is 5.42. The zero-order valence-electron chi connectivity index (χ0n) is 5.87. The lowest BCUT2D eigenvalue weighted by Crippen LogP contribution is -1.83. The molecule has 12 heavy (non-hydrogen) atoms. The van der Waals surface area contributed by atoms with Crippen LogP contribution in [0.2, 0.25) is 5.02 Å². The molecule has 2 rings (SSSR count). The summed E-state index contributed by atoms with van der Waals surface area (Å²) in [4.78, 5) is 2.58. The van der Waals surface area contributed by atoms with E-state index in [4.69, 9.17) is 11.6 Å². The van der Waals surface area contributed by atoms with Crippen LogP contribution in [-0.4, -0.2) is 4.98 Å². The molecule has 1 heterocycles. The van der Waals surface area contributed by atoms with Crippen molar-refractivity contribution in [2.75, 3.05) is 0 Å². The van der Waals surface area contributed by atoms with Gasteiger partial charge in [0.2, 0.25) is 0 Å². The number of hydrogen-bond donors (Lipinski definition) is 1. The van der Waals surface area contributed by atoms with E-state index in [2.05, 4.69) is 4.98 Å². The monoisotopic (exact) mass is 187 g/mol. The van der Waals surface area contributed by atoms with E-state index in [0.717, 1.165) is 6.07 Å². The lowest BCUT2D eigenvalue weighted by atomic mass is 10.2. The molecular weight excluding hydrogens is 184 g/mol. The van der Waals surface area contributed by atoms with Crippen LogP contribution in [0.1, 0.15) is 0 Å². The van der Waals surface area contributed by atoms with Gasteiger partial charge in [-0.1, -0.05) is 11.6 Å². The molecule has 0 saturated carbocycles. The van der Waals surface area contributed by atoms with E-state index >= 15 is 0 Å². The summed E-state index contributed by atoms with van der Waals surface area (Å²) in [6, 6.07) is 2.40. The number of aromatic nitrogens is 1. The van der Waals surface area contributed by atoms with Crippen LogP contribution in [0.15, 0.2) is 18.3 Å². The molecule has 0 spiro atoms. The first-order valence-electron chi connectivity index (χ1n) is 3.30. The summed E-state index contributed by atoms with van der Waals surface area (Å²) in [5, 5.41) is -0.0143. The maximum atomic E-state index is 13.1. The van der Waals surface area contributed by atoms with Crippen molar-refractivity contribution in [1.82, 2.24) is 4.98 Å². The summed E-state index contributed by atoms with van der Waals surface area (Å²) in [5.41, 5.74) is 0.150. The molecule has 2 aromatic rings. The van der Waals surface area contributed by atoms with Crippen LogP contribution in [0.5, 0.6) is 0 Å². The number of benzene rings is 1. The van der Waals surface area contributed by atoms with E-state index in [9.17, 15) is 8.78 Å². The molecular formula is C8H4ClF2N. The summed E-state index contributed by atoms with van der Waals surface area (Å²) in [6.07, 6.45) is 1.47. The summed E-state index contributed by atoms with van der Waals surface area (Å²) < 4.78 is 26.1. The zero-order chi connectivity index (χ0) is 8.72. The molecule has 0 saturated heterocycles. The second kappa shape index (κ2) is 2.45. The molecule has 0 radical (unpaired) electrons. The zero-order valence-corrected chi connectivity index (χ0v) is 6.62. The minimum atomic E-state index is -0.589. The minimum Gasteiger partial charge on any atom is -0.359 e. The molecule has 0 aliphatic rings. The van der Waals surface area contributed by atoms with Crippen molar-refractivity contribution in [1.29, 1.82) is 0 Å². The molecule has 0 amide bonds. The van der Waals surface area contributed by atoms with Crippen molar-refractivity contribution in [3.8, 4) is 0 Å². The van der Waals surface area contributed by atoms with Gasteiger partial charge in [0.15, 0.2) is 5.82 Å². The Balaban J connectivity index is 2.97. The predicted molar refractivity (Wildman–Crippen MR) is 43.2 cm³/mol. The Hall–Kier alpha value is -1.09. The topological polar surface area (TPSA) is 15.8 Å². The van der Waals surface area contributed by atoms with E-state index in [-0.39, 0.29) is 15.9 Å². The van der Waals surface area contributed by atoms with Crippen molar-refractivity contribution in [3.63, 3.8) is 0 Å². The number of rotatable bonds is 0. The van der Waals surface area contributed by atoms with E-state index in [1.54, 1.807) is 0 Å². The Kier molecular flexibility index (Phi) is 1.54. The number of aromatic amines is 1. The number of H-pyrrole nitrogens is 1. The third-order valence-corrected chi connectivity index (χ3v) is 1.96. The van der Waals surface area contributed by atoms with Crippen LogP contribution >= 0.6 is 11.6 Å². The maximum Gasteiger partial charge on any atom is 0.151 e. The van der Waals surface area contributed by atoms with Gasteiger partial charge in [0.25, 0.3) is 0 Å². The number of hydrogen-bond acceptors (Lipinski definition) is 0. The minimum absolute atomic E-state index is 0.150. The third kappa shape index (κ3) is 0.898. The molecule has 1 N–H and O–H groups in total. The van der Waals surface area contributed by atoms with Crippen molar-refractivity contribution in [2.24, 2.45) is 0 Å². The highest BCUT2D eigenvalue weighted by Crippen LogP contribution is 2.25. The first kappa shape index (κ1) is 7.55. The Bertz CT molecular complexity index is 436. The van der Waals surface area contributed by atoms with Crippen molar-refractivity contribution >= 4 is 22.5 Å². The quantitative estimate of drug-likeness (QED) is 0.610. The molecule has 0 bridgehead atoms. The molecule has 1 aromatic heterocycles. The Morgan fingerprint density at radius 2 is 2.08 bits per heavy atom. The van der Waals surface area contributed by atoms with Gasteiger partial charge >= 0.3 is 0 Å². The van der Waals surface area contributed by atoms with Gasteiger partial charge in [-0.2, -0.15) is 0 Å². The highest BCUT2D eigenvalue weighted by Gasteiger charge is 2.10. The van der Waals surface area contributed by atoms with Crippen LogP contribution < -0.4 is 0 Å². The van der Waals surface area contributed by atoms with Crippen LogP contribution in [-0.2, 0) is 0 Å². The van der Waals surface area contributed by atoms with Gasteiger partial charge in [-0.05, 0) is 12.1 Å². The van der Waals surface area contributed by atoms with E-state index in [1.807, 2.05) is 0 Å². The van der Waals surface area contributed by atoms with Gasteiger partial charge < -0.3 is 4.98 Å². The summed E-state index contributed by atoms with van der Waals surface area (Å²) in [5.74, 6) is -1.13. The van der Waals surface area contributed by atoms with Crippen LogP contribution in [0.25, 0.3) is 10.9 Å². The fraction of sp³-hybridized carbons (Fsp3) is 0. The molecule has 0 aliphatic heterocycles. The smallest absolute Gasteiger partial charge is 0.151 e. The van der Waals surface area contributed by atoms with Gasteiger partial charge in [0, 0.05) is 11.6 Å². The number of halogens is 3. The second-order valence-corrected chi connectivity index (χ2v) is 2.83. The normalized spacial score (nSPS) is 10.9. The van der Waals surface area contributed by atoms with Gasteiger partial charge in [-0.3, -0.25) is 0 Å². The molecule has 0 atom stereocenters. The molecule has 0 aliphatic carbocycles. The van der Waals surface area contributed by atoms with E-state index in [1.165, 1.54) is 12.3 Å².